The molecule has 1 fully saturated rings. The van der Waals surface area contributed by atoms with Crippen LogP contribution in [-0.4, -0.2) is 35.1 Å². The van der Waals surface area contributed by atoms with Crippen molar-refractivity contribution < 1.29 is 18.7 Å². The number of carbonyl (C=O) groups is 1. The Balaban J connectivity index is 1.52. The van der Waals surface area contributed by atoms with E-state index in [2.05, 4.69) is 17.2 Å². The van der Waals surface area contributed by atoms with Crippen molar-refractivity contribution in [1.29, 1.82) is 0 Å². The van der Waals surface area contributed by atoms with Gasteiger partial charge in [0.2, 0.25) is 0 Å². The summed E-state index contributed by atoms with van der Waals surface area (Å²) in [7, 11) is 0. The fourth-order valence-electron chi connectivity index (χ4n) is 4.83. The summed E-state index contributed by atoms with van der Waals surface area (Å²) in [4.78, 5) is 15.1. The SMILES string of the molecule is O=C(c1ccc(F)cc1)N1CC[C@H]2[C@H](CO)Nc3ccc(C#Cc4ccccc4F)cc3[C@H]21. The molecule has 2 heterocycles. The van der Waals surface area contributed by atoms with Crippen LogP contribution in [0.5, 0.6) is 0 Å². The second kappa shape index (κ2) is 8.68. The molecule has 0 spiro atoms. The van der Waals surface area contributed by atoms with Gasteiger partial charge in [-0.25, -0.2) is 8.78 Å². The monoisotopic (exact) mass is 444 g/mol. The van der Waals surface area contributed by atoms with E-state index in [4.69, 9.17) is 0 Å². The van der Waals surface area contributed by atoms with Crippen LogP contribution in [0.3, 0.4) is 0 Å². The molecule has 5 rings (SSSR count). The van der Waals surface area contributed by atoms with Crippen LogP contribution in [-0.2, 0) is 0 Å². The van der Waals surface area contributed by atoms with Crippen LogP contribution in [0.25, 0.3) is 0 Å². The van der Waals surface area contributed by atoms with Crippen LogP contribution in [0, 0.1) is 29.4 Å². The summed E-state index contributed by atoms with van der Waals surface area (Å²) in [6, 6.07) is 17.1. The number of carbonyl (C=O) groups excluding carboxylic acids is 1. The van der Waals surface area contributed by atoms with Crippen molar-refractivity contribution >= 4 is 11.6 Å². The maximum absolute atomic E-state index is 13.9. The molecule has 2 N–H and O–H groups in total. The summed E-state index contributed by atoms with van der Waals surface area (Å²) >= 11 is 0. The molecule has 0 aliphatic carbocycles. The number of benzene rings is 3. The van der Waals surface area contributed by atoms with E-state index in [-0.39, 0.29) is 36.3 Å². The number of aliphatic hydroxyl groups excluding tert-OH is 1. The third kappa shape index (κ3) is 3.96. The predicted octanol–water partition coefficient (Wildman–Crippen LogP) is 4.35. The molecule has 3 aromatic carbocycles. The maximum Gasteiger partial charge on any atom is 0.254 e. The average molecular weight is 444 g/mol. The van der Waals surface area contributed by atoms with Gasteiger partial charge in [0.25, 0.3) is 5.91 Å². The van der Waals surface area contributed by atoms with Gasteiger partial charge in [-0.2, -0.15) is 0 Å². The molecule has 4 nitrogen and oxygen atoms in total. The van der Waals surface area contributed by atoms with E-state index in [0.29, 0.717) is 23.2 Å². The van der Waals surface area contributed by atoms with E-state index >= 15 is 0 Å². The number of rotatable bonds is 2. The van der Waals surface area contributed by atoms with Crippen LogP contribution in [0.15, 0.2) is 66.7 Å². The summed E-state index contributed by atoms with van der Waals surface area (Å²) < 4.78 is 27.3. The molecule has 0 unspecified atom stereocenters. The number of anilines is 1. The second-order valence-electron chi connectivity index (χ2n) is 8.37. The molecule has 1 saturated heterocycles. The molecule has 1 amide bonds. The van der Waals surface area contributed by atoms with Crippen LogP contribution in [0.1, 0.15) is 39.5 Å². The second-order valence-corrected chi connectivity index (χ2v) is 8.37. The van der Waals surface area contributed by atoms with E-state index in [0.717, 1.165) is 17.7 Å². The maximum atomic E-state index is 13.9. The molecular weight excluding hydrogens is 422 g/mol. The number of aliphatic hydroxyl groups is 1. The first kappa shape index (κ1) is 21.2. The van der Waals surface area contributed by atoms with Crippen LogP contribution in [0.4, 0.5) is 14.5 Å². The molecule has 0 saturated carbocycles. The molecule has 3 aromatic rings. The van der Waals surface area contributed by atoms with Gasteiger partial charge in [0.15, 0.2) is 0 Å². The van der Waals surface area contributed by atoms with E-state index in [1.54, 1.807) is 23.1 Å². The molecule has 166 valence electrons. The number of amides is 1. The Morgan fingerprint density at radius 2 is 1.85 bits per heavy atom. The number of likely N-dealkylation sites (tertiary alicyclic amines) is 1. The molecule has 0 bridgehead atoms. The van der Waals surface area contributed by atoms with Crippen molar-refractivity contribution in [3.05, 3.63) is 101 Å². The van der Waals surface area contributed by atoms with Crippen molar-refractivity contribution in [2.75, 3.05) is 18.5 Å². The zero-order chi connectivity index (χ0) is 22.9. The average Bonchev–Trinajstić information content (AvgIpc) is 3.29. The molecule has 6 heteroatoms. The van der Waals surface area contributed by atoms with E-state index in [9.17, 15) is 18.7 Å². The Morgan fingerprint density at radius 1 is 1.06 bits per heavy atom. The van der Waals surface area contributed by atoms with Crippen LogP contribution < -0.4 is 5.32 Å². The number of hydrogen-bond donors (Lipinski definition) is 2. The first-order chi connectivity index (χ1) is 16.0. The summed E-state index contributed by atoms with van der Waals surface area (Å²) in [5.74, 6) is 5.00. The molecule has 0 radical (unpaired) electrons. The Labute approximate surface area is 190 Å². The lowest BCUT2D eigenvalue weighted by molar-refractivity contribution is 0.0701. The first-order valence-electron chi connectivity index (χ1n) is 10.9. The molecule has 0 aromatic heterocycles. The number of nitrogens with zero attached hydrogens (tertiary/aromatic N) is 1. The number of nitrogens with one attached hydrogen (secondary N) is 1. The Bertz CT molecular complexity index is 1260. The Morgan fingerprint density at radius 3 is 2.61 bits per heavy atom. The highest BCUT2D eigenvalue weighted by Crippen LogP contribution is 2.47. The van der Waals surface area contributed by atoms with Gasteiger partial charge >= 0.3 is 0 Å². The Hall–Kier alpha value is -3.69. The minimum atomic E-state index is -0.392. The highest BCUT2D eigenvalue weighted by atomic mass is 19.1. The lowest BCUT2D eigenvalue weighted by atomic mass is 9.82. The zero-order valence-corrected chi connectivity index (χ0v) is 17.8. The third-order valence-corrected chi connectivity index (χ3v) is 6.44. The van der Waals surface area contributed by atoms with Crippen molar-refractivity contribution in [1.82, 2.24) is 4.90 Å². The van der Waals surface area contributed by atoms with Gasteiger partial charge in [0, 0.05) is 29.3 Å². The van der Waals surface area contributed by atoms with E-state index in [1.807, 2.05) is 18.2 Å². The van der Waals surface area contributed by atoms with Gasteiger partial charge in [-0.15, -0.1) is 0 Å². The minimum absolute atomic E-state index is 0.0293. The molecule has 3 atom stereocenters. The third-order valence-electron chi connectivity index (χ3n) is 6.44. The highest BCUT2D eigenvalue weighted by molar-refractivity contribution is 5.95. The number of halogens is 2. The number of fused-ring (bicyclic) bond motifs is 3. The standard InChI is InChI=1S/C27H22F2N2O2/c28-20-10-8-19(9-11-20)27(33)31-14-13-21-25(16-32)30-24-12-6-17(15-22(24)26(21)31)5-7-18-3-1-2-4-23(18)29/h1-4,6,8-12,15,21,25-26,30,32H,13-14,16H2/t21-,25-,26-/m0/s1. The minimum Gasteiger partial charge on any atom is -0.394 e. The molecular formula is C27H22F2N2O2. The van der Waals surface area contributed by atoms with Crippen LogP contribution >= 0.6 is 0 Å². The quantitative estimate of drug-likeness (QED) is 0.578. The van der Waals surface area contributed by atoms with Gasteiger partial charge in [-0.05, 0) is 66.6 Å². The van der Waals surface area contributed by atoms with Crippen molar-refractivity contribution in [2.24, 2.45) is 5.92 Å². The van der Waals surface area contributed by atoms with Gasteiger partial charge < -0.3 is 15.3 Å². The normalized spacial score (nSPS) is 20.8. The first-order valence-corrected chi connectivity index (χ1v) is 10.9. The fourth-order valence-corrected chi connectivity index (χ4v) is 4.83. The van der Waals surface area contributed by atoms with Gasteiger partial charge in [-0.3, -0.25) is 4.79 Å². The number of hydrogen-bond acceptors (Lipinski definition) is 3. The van der Waals surface area contributed by atoms with Gasteiger partial charge in [-0.1, -0.05) is 24.0 Å². The van der Waals surface area contributed by atoms with Crippen LogP contribution in [0.2, 0.25) is 0 Å². The van der Waals surface area contributed by atoms with E-state index in [1.165, 1.54) is 30.3 Å². The Kier molecular flexibility index (Phi) is 5.57. The van der Waals surface area contributed by atoms with Crippen molar-refractivity contribution in [3.63, 3.8) is 0 Å². The van der Waals surface area contributed by atoms with E-state index < -0.39 is 5.82 Å². The largest absolute Gasteiger partial charge is 0.394 e. The zero-order valence-electron chi connectivity index (χ0n) is 17.8. The highest BCUT2D eigenvalue weighted by Gasteiger charge is 2.45. The van der Waals surface area contributed by atoms with Gasteiger partial charge in [0.05, 0.1) is 24.3 Å². The molecule has 33 heavy (non-hydrogen) atoms. The topological polar surface area (TPSA) is 52.6 Å². The van der Waals surface area contributed by atoms with Crippen molar-refractivity contribution in [3.8, 4) is 11.8 Å². The predicted molar refractivity (Wildman–Crippen MR) is 122 cm³/mol. The lowest BCUT2D eigenvalue weighted by Gasteiger charge is -2.39. The summed E-state index contributed by atoms with van der Waals surface area (Å²) in [6.45, 7) is 0.488. The molecule has 2 aliphatic heterocycles. The summed E-state index contributed by atoms with van der Waals surface area (Å²) in [5.41, 5.74) is 3.21. The molecule has 2 aliphatic rings. The summed E-state index contributed by atoms with van der Waals surface area (Å²) in [5, 5.41) is 13.4. The summed E-state index contributed by atoms with van der Waals surface area (Å²) in [6.07, 6.45) is 0.737. The van der Waals surface area contributed by atoms with Crippen molar-refractivity contribution in [2.45, 2.75) is 18.5 Å². The lowest BCUT2D eigenvalue weighted by Crippen LogP contribution is -2.42. The fraction of sp³-hybridized carbons (Fsp3) is 0.222. The van der Waals surface area contributed by atoms with Gasteiger partial charge in [0.1, 0.15) is 11.6 Å². The smallest absolute Gasteiger partial charge is 0.254 e.